The van der Waals surface area contributed by atoms with E-state index in [1.807, 2.05) is 4.90 Å². The van der Waals surface area contributed by atoms with E-state index in [0.29, 0.717) is 6.54 Å². The molecule has 1 rings (SSSR count). The summed E-state index contributed by atoms with van der Waals surface area (Å²) >= 11 is 0. The lowest BCUT2D eigenvalue weighted by molar-refractivity contribution is -0.131. The molecule has 1 N–H and O–H groups in total. The molecule has 1 amide bonds. The molecule has 0 bridgehead atoms. The largest absolute Gasteiger partial charge is 0.342 e. The predicted octanol–water partition coefficient (Wildman–Crippen LogP) is 1.78. The molecule has 0 aromatic carbocycles. The van der Waals surface area contributed by atoms with Crippen molar-refractivity contribution in [2.75, 3.05) is 19.6 Å². The first-order valence-corrected chi connectivity index (χ1v) is 6.08. The predicted molar refractivity (Wildman–Crippen MR) is 62.8 cm³/mol. The lowest BCUT2D eigenvalue weighted by atomic mass is 10.0. The molecule has 0 atom stereocenters. The van der Waals surface area contributed by atoms with Crippen LogP contribution >= 0.6 is 0 Å². The van der Waals surface area contributed by atoms with E-state index in [1.54, 1.807) is 0 Å². The van der Waals surface area contributed by atoms with Crippen molar-refractivity contribution in [3.05, 3.63) is 0 Å². The van der Waals surface area contributed by atoms with Crippen molar-refractivity contribution >= 4 is 5.91 Å². The van der Waals surface area contributed by atoms with Gasteiger partial charge in [-0.05, 0) is 39.5 Å². The van der Waals surface area contributed by atoms with E-state index in [4.69, 9.17) is 0 Å². The average Bonchev–Trinajstić information content (AvgIpc) is 2.27. The first-order chi connectivity index (χ1) is 7.05. The van der Waals surface area contributed by atoms with E-state index in [2.05, 4.69) is 26.1 Å². The van der Waals surface area contributed by atoms with Crippen LogP contribution in [0, 0.1) is 0 Å². The van der Waals surface area contributed by atoms with Gasteiger partial charge in [0.1, 0.15) is 0 Å². The van der Waals surface area contributed by atoms with Gasteiger partial charge in [0.25, 0.3) is 0 Å². The number of hydrogen-bond donors (Lipinski definition) is 1. The number of rotatable bonds is 4. The number of likely N-dealkylation sites (tertiary alicyclic amines) is 1. The Labute approximate surface area is 93.2 Å². The summed E-state index contributed by atoms with van der Waals surface area (Å²) in [6.45, 7) is 8.80. The van der Waals surface area contributed by atoms with Crippen LogP contribution in [-0.2, 0) is 4.79 Å². The van der Waals surface area contributed by atoms with Gasteiger partial charge in [-0.1, -0.05) is 6.92 Å². The third-order valence-corrected chi connectivity index (χ3v) is 3.31. The summed E-state index contributed by atoms with van der Waals surface area (Å²) in [7, 11) is 0. The fraction of sp³-hybridized carbons (Fsp3) is 0.917. The van der Waals surface area contributed by atoms with Crippen LogP contribution in [0.1, 0.15) is 46.5 Å². The highest BCUT2D eigenvalue weighted by Crippen LogP contribution is 2.10. The van der Waals surface area contributed by atoms with Crippen molar-refractivity contribution in [2.45, 2.75) is 52.0 Å². The zero-order valence-corrected chi connectivity index (χ0v) is 10.3. The molecule has 1 aliphatic rings. The molecule has 1 heterocycles. The smallest absolute Gasteiger partial charge is 0.236 e. The van der Waals surface area contributed by atoms with Crippen LogP contribution in [0.5, 0.6) is 0 Å². The molecule has 0 radical (unpaired) electrons. The lowest BCUT2D eigenvalue weighted by Crippen LogP contribution is -2.47. The second-order valence-electron chi connectivity index (χ2n) is 5.03. The summed E-state index contributed by atoms with van der Waals surface area (Å²) in [6, 6.07) is 0. The molecule has 0 spiro atoms. The maximum absolute atomic E-state index is 11.8. The van der Waals surface area contributed by atoms with Crippen LogP contribution < -0.4 is 5.32 Å². The normalized spacial score (nSPS) is 17.9. The molecule has 1 fully saturated rings. The van der Waals surface area contributed by atoms with Gasteiger partial charge in [0, 0.05) is 18.6 Å². The second kappa shape index (κ2) is 5.50. The van der Waals surface area contributed by atoms with Gasteiger partial charge in [0.15, 0.2) is 0 Å². The first kappa shape index (κ1) is 12.5. The molecular formula is C12H24N2O. The molecule has 1 saturated heterocycles. The monoisotopic (exact) mass is 212 g/mol. The number of carbonyl (C=O) groups is 1. The summed E-state index contributed by atoms with van der Waals surface area (Å²) in [5.74, 6) is 0.260. The minimum absolute atomic E-state index is 0.0748. The van der Waals surface area contributed by atoms with E-state index in [9.17, 15) is 4.79 Å². The summed E-state index contributed by atoms with van der Waals surface area (Å²) in [5.41, 5.74) is 0.0748. The summed E-state index contributed by atoms with van der Waals surface area (Å²) in [4.78, 5) is 13.8. The average molecular weight is 212 g/mol. The molecule has 0 unspecified atom stereocenters. The van der Waals surface area contributed by atoms with Crippen molar-refractivity contribution in [1.82, 2.24) is 10.2 Å². The molecular weight excluding hydrogens is 188 g/mol. The van der Waals surface area contributed by atoms with Crippen LogP contribution in [0.25, 0.3) is 0 Å². The van der Waals surface area contributed by atoms with E-state index in [1.165, 1.54) is 19.3 Å². The van der Waals surface area contributed by atoms with Crippen LogP contribution in [0.2, 0.25) is 0 Å². The van der Waals surface area contributed by atoms with Crippen molar-refractivity contribution in [1.29, 1.82) is 0 Å². The molecule has 1 aliphatic heterocycles. The Bertz CT molecular complexity index is 208. The third-order valence-electron chi connectivity index (χ3n) is 3.31. The first-order valence-electron chi connectivity index (χ1n) is 6.08. The highest BCUT2D eigenvalue weighted by Gasteiger charge is 2.19. The Morgan fingerprint density at radius 2 is 1.87 bits per heavy atom. The van der Waals surface area contributed by atoms with Gasteiger partial charge < -0.3 is 10.2 Å². The summed E-state index contributed by atoms with van der Waals surface area (Å²) < 4.78 is 0. The molecule has 0 aliphatic carbocycles. The van der Waals surface area contributed by atoms with Crippen molar-refractivity contribution in [2.24, 2.45) is 0 Å². The van der Waals surface area contributed by atoms with Crippen molar-refractivity contribution in [3.63, 3.8) is 0 Å². The second-order valence-corrected chi connectivity index (χ2v) is 5.03. The molecule has 0 aromatic rings. The van der Waals surface area contributed by atoms with Gasteiger partial charge >= 0.3 is 0 Å². The zero-order chi connectivity index (χ0) is 11.3. The van der Waals surface area contributed by atoms with Crippen LogP contribution in [-0.4, -0.2) is 36.0 Å². The van der Waals surface area contributed by atoms with Gasteiger partial charge in [0.2, 0.25) is 5.91 Å². The Kier molecular flexibility index (Phi) is 4.58. The molecule has 3 heteroatoms. The highest BCUT2D eigenvalue weighted by atomic mass is 16.2. The van der Waals surface area contributed by atoms with E-state index < -0.39 is 0 Å². The number of carbonyl (C=O) groups excluding carboxylic acids is 1. The zero-order valence-electron chi connectivity index (χ0n) is 10.3. The summed E-state index contributed by atoms with van der Waals surface area (Å²) in [6.07, 6.45) is 4.66. The molecule has 0 aromatic heterocycles. The maximum Gasteiger partial charge on any atom is 0.236 e. The van der Waals surface area contributed by atoms with Gasteiger partial charge in [-0.25, -0.2) is 0 Å². The Morgan fingerprint density at radius 1 is 1.27 bits per heavy atom. The fourth-order valence-electron chi connectivity index (χ4n) is 1.70. The van der Waals surface area contributed by atoms with Crippen LogP contribution in [0.15, 0.2) is 0 Å². The van der Waals surface area contributed by atoms with Crippen molar-refractivity contribution < 1.29 is 4.79 Å². The molecule has 88 valence electrons. The quantitative estimate of drug-likeness (QED) is 0.770. The minimum atomic E-state index is 0.0748. The summed E-state index contributed by atoms with van der Waals surface area (Å²) in [5, 5.41) is 3.31. The van der Waals surface area contributed by atoms with E-state index in [-0.39, 0.29) is 11.4 Å². The van der Waals surface area contributed by atoms with E-state index >= 15 is 0 Å². The topological polar surface area (TPSA) is 32.3 Å². The van der Waals surface area contributed by atoms with Crippen molar-refractivity contribution in [3.8, 4) is 0 Å². The number of nitrogens with zero attached hydrogens (tertiary/aromatic N) is 1. The molecule has 3 nitrogen and oxygen atoms in total. The van der Waals surface area contributed by atoms with Crippen LogP contribution in [0.3, 0.4) is 0 Å². The number of piperidine rings is 1. The van der Waals surface area contributed by atoms with Gasteiger partial charge in [-0.2, -0.15) is 0 Å². The number of amides is 1. The van der Waals surface area contributed by atoms with Gasteiger partial charge in [-0.3, -0.25) is 4.79 Å². The van der Waals surface area contributed by atoms with Crippen LogP contribution in [0.4, 0.5) is 0 Å². The maximum atomic E-state index is 11.8. The Balaban J connectivity index is 2.28. The van der Waals surface area contributed by atoms with Gasteiger partial charge in [0.05, 0.1) is 6.54 Å². The highest BCUT2D eigenvalue weighted by molar-refractivity contribution is 5.78. The van der Waals surface area contributed by atoms with E-state index in [0.717, 1.165) is 19.5 Å². The standard InChI is InChI=1S/C12H24N2O/c1-4-12(2,3)13-10-11(15)14-8-6-5-7-9-14/h13H,4-10H2,1-3H3. The number of nitrogens with one attached hydrogen (secondary N) is 1. The number of hydrogen-bond acceptors (Lipinski definition) is 2. The third kappa shape index (κ3) is 4.20. The molecule has 0 saturated carbocycles. The minimum Gasteiger partial charge on any atom is -0.342 e. The van der Waals surface area contributed by atoms with Gasteiger partial charge in [-0.15, -0.1) is 0 Å². The fourth-order valence-corrected chi connectivity index (χ4v) is 1.70. The Morgan fingerprint density at radius 3 is 2.40 bits per heavy atom. The Hall–Kier alpha value is -0.570. The SMILES string of the molecule is CCC(C)(C)NCC(=O)N1CCCCC1. The lowest BCUT2D eigenvalue weighted by Gasteiger charge is -2.30. The molecule has 15 heavy (non-hydrogen) atoms.